The number of hydrogen-bond donors (Lipinski definition) is 1. The van der Waals surface area contributed by atoms with Gasteiger partial charge in [-0.2, -0.15) is 0 Å². The van der Waals surface area contributed by atoms with Crippen LogP contribution in [0, 0.1) is 0 Å². The van der Waals surface area contributed by atoms with Gasteiger partial charge in [-0.3, -0.25) is 0 Å². The van der Waals surface area contributed by atoms with Crippen molar-refractivity contribution in [3.05, 3.63) is 29.3 Å². The van der Waals surface area contributed by atoms with Gasteiger partial charge in [0.15, 0.2) is 5.79 Å². The number of sulfonamides is 1. The number of hydrogen-bond acceptors (Lipinski definition) is 4. The lowest BCUT2D eigenvalue weighted by atomic mass is 10.1. The molecule has 0 aromatic heterocycles. The highest BCUT2D eigenvalue weighted by Gasteiger charge is 2.29. The van der Waals surface area contributed by atoms with E-state index in [1.54, 1.807) is 12.1 Å². The molecule has 6 heteroatoms. The Labute approximate surface area is 132 Å². The topological polar surface area (TPSA) is 64.6 Å². The summed E-state index contributed by atoms with van der Waals surface area (Å²) >= 11 is 0. The van der Waals surface area contributed by atoms with Crippen molar-refractivity contribution >= 4 is 10.0 Å². The van der Waals surface area contributed by atoms with Crippen LogP contribution in [0.25, 0.3) is 0 Å². The number of nitrogens with one attached hydrogen (secondary N) is 1. The summed E-state index contributed by atoms with van der Waals surface area (Å²) in [6.07, 6.45) is 4.52. The average molecular weight is 325 g/mol. The number of fused-ring (bicyclic) bond motifs is 1. The molecule has 22 heavy (non-hydrogen) atoms. The summed E-state index contributed by atoms with van der Waals surface area (Å²) in [5.41, 5.74) is 2.43. The maximum absolute atomic E-state index is 12.4. The monoisotopic (exact) mass is 325 g/mol. The Morgan fingerprint density at radius 3 is 2.64 bits per heavy atom. The van der Waals surface area contributed by atoms with Crippen LogP contribution in [0.5, 0.6) is 0 Å². The van der Waals surface area contributed by atoms with Crippen molar-refractivity contribution in [3.8, 4) is 0 Å². The Morgan fingerprint density at radius 1 is 1.14 bits per heavy atom. The maximum atomic E-state index is 12.4. The van der Waals surface area contributed by atoms with E-state index < -0.39 is 15.8 Å². The third-order valence-corrected chi connectivity index (χ3v) is 5.81. The molecule has 1 aliphatic heterocycles. The van der Waals surface area contributed by atoms with Gasteiger partial charge in [-0.25, -0.2) is 13.1 Å². The molecule has 2 aliphatic rings. The highest BCUT2D eigenvalue weighted by atomic mass is 32.2. The van der Waals surface area contributed by atoms with Gasteiger partial charge in [-0.05, 0) is 55.9 Å². The molecule has 1 fully saturated rings. The second-order valence-corrected chi connectivity index (χ2v) is 7.88. The largest absolute Gasteiger partial charge is 0.350 e. The molecule has 0 atom stereocenters. The molecule has 122 valence electrons. The van der Waals surface area contributed by atoms with Crippen LogP contribution in [0.1, 0.15) is 37.3 Å². The minimum absolute atomic E-state index is 0.302. The third kappa shape index (κ3) is 3.51. The van der Waals surface area contributed by atoms with Crippen LogP contribution in [0.4, 0.5) is 0 Å². The summed E-state index contributed by atoms with van der Waals surface area (Å²) in [7, 11) is -3.47. The van der Waals surface area contributed by atoms with Crippen molar-refractivity contribution in [2.45, 2.75) is 49.7 Å². The highest BCUT2D eigenvalue weighted by molar-refractivity contribution is 7.89. The fourth-order valence-electron chi connectivity index (χ4n) is 3.03. The fraction of sp³-hybridized carbons (Fsp3) is 0.625. The Balaban J connectivity index is 1.61. The summed E-state index contributed by atoms with van der Waals surface area (Å²) in [5.74, 6) is -0.682. The molecular formula is C16H23NO4S. The molecule has 0 unspecified atom stereocenters. The molecule has 1 heterocycles. The van der Waals surface area contributed by atoms with E-state index in [-0.39, 0.29) is 0 Å². The Bertz CT molecular complexity index is 636. The van der Waals surface area contributed by atoms with E-state index in [4.69, 9.17) is 9.47 Å². The van der Waals surface area contributed by atoms with E-state index in [9.17, 15) is 8.42 Å². The molecule has 0 saturated carbocycles. The van der Waals surface area contributed by atoms with Gasteiger partial charge in [0.1, 0.15) is 0 Å². The van der Waals surface area contributed by atoms with Gasteiger partial charge in [-0.15, -0.1) is 0 Å². The van der Waals surface area contributed by atoms with Crippen LogP contribution in [-0.4, -0.2) is 34.0 Å². The first-order valence-corrected chi connectivity index (χ1v) is 9.36. The number of ether oxygens (including phenoxy) is 2. The van der Waals surface area contributed by atoms with E-state index in [0.717, 1.165) is 31.2 Å². The lowest BCUT2D eigenvalue weighted by Crippen LogP contribution is -2.40. The summed E-state index contributed by atoms with van der Waals surface area (Å²) in [6.45, 7) is 3.48. The quantitative estimate of drug-likeness (QED) is 0.899. The van der Waals surface area contributed by atoms with Crippen molar-refractivity contribution in [3.63, 3.8) is 0 Å². The molecule has 0 bridgehead atoms. The van der Waals surface area contributed by atoms with E-state index in [1.165, 1.54) is 5.56 Å². The zero-order chi connectivity index (χ0) is 15.6. The van der Waals surface area contributed by atoms with Gasteiger partial charge >= 0.3 is 0 Å². The molecule has 1 aromatic carbocycles. The number of rotatable bonds is 5. The van der Waals surface area contributed by atoms with E-state index >= 15 is 0 Å². The molecule has 3 rings (SSSR count). The minimum atomic E-state index is -3.47. The van der Waals surface area contributed by atoms with Gasteiger partial charge < -0.3 is 9.47 Å². The maximum Gasteiger partial charge on any atom is 0.240 e. The first-order chi connectivity index (χ1) is 10.5. The molecule has 5 nitrogen and oxygen atoms in total. The van der Waals surface area contributed by atoms with Gasteiger partial charge in [0.05, 0.1) is 18.1 Å². The molecule has 1 N–H and O–H groups in total. The van der Waals surface area contributed by atoms with Crippen molar-refractivity contribution in [2.24, 2.45) is 0 Å². The molecule has 0 amide bonds. The lowest BCUT2D eigenvalue weighted by Gasteiger charge is -2.33. The van der Waals surface area contributed by atoms with Crippen molar-refractivity contribution < 1.29 is 17.9 Å². The van der Waals surface area contributed by atoms with Crippen LogP contribution in [0.15, 0.2) is 23.1 Å². The van der Waals surface area contributed by atoms with Crippen LogP contribution in [0.3, 0.4) is 0 Å². The normalized spacial score (nSPS) is 20.8. The molecular weight excluding hydrogens is 302 g/mol. The molecule has 0 radical (unpaired) electrons. The first-order valence-electron chi connectivity index (χ1n) is 7.88. The van der Waals surface area contributed by atoms with Gasteiger partial charge in [0.25, 0.3) is 0 Å². The molecule has 1 saturated heterocycles. The molecule has 1 aromatic rings. The Kier molecular flexibility index (Phi) is 4.54. The lowest BCUT2D eigenvalue weighted by molar-refractivity contribution is -0.257. The SMILES string of the molecule is CC1(CCNS(=O)(=O)c2ccc3c(c2)CCC3)OCCCO1. The summed E-state index contributed by atoms with van der Waals surface area (Å²) in [5, 5.41) is 0. The van der Waals surface area contributed by atoms with Gasteiger partial charge in [0.2, 0.25) is 10.0 Å². The van der Waals surface area contributed by atoms with Crippen LogP contribution >= 0.6 is 0 Å². The van der Waals surface area contributed by atoms with E-state index in [2.05, 4.69) is 4.72 Å². The second kappa shape index (κ2) is 6.28. The highest BCUT2D eigenvalue weighted by Crippen LogP contribution is 2.25. The van der Waals surface area contributed by atoms with Crippen LogP contribution in [-0.2, 0) is 32.3 Å². The third-order valence-electron chi connectivity index (χ3n) is 4.35. The molecule has 1 aliphatic carbocycles. The van der Waals surface area contributed by atoms with Crippen molar-refractivity contribution in [2.75, 3.05) is 19.8 Å². The summed E-state index contributed by atoms with van der Waals surface area (Å²) in [6, 6.07) is 5.44. The predicted octanol–water partition coefficient (Wildman–Crippen LogP) is 2.00. The predicted molar refractivity (Wildman–Crippen MR) is 83.2 cm³/mol. The standard InChI is InChI=1S/C16H23NO4S/c1-16(20-10-3-11-21-16)8-9-17-22(18,19)15-7-6-13-4-2-5-14(13)12-15/h6-7,12,17H,2-5,8-11H2,1H3. The second-order valence-electron chi connectivity index (χ2n) is 6.12. The zero-order valence-electron chi connectivity index (χ0n) is 12.9. The average Bonchev–Trinajstić information content (AvgIpc) is 2.95. The van der Waals surface area contributed by atoms with Gasteiger partial charge in [-0.1, -0.05) is 6.07 Å². The summed E-state index contributed by atoms with van der Waals surface area (Å²) in [4.78, 5) is 0.351. The fourth-order valence-corrected chi connectivity index (χ4v) is 4.11. The van der Waals surface area contributed by atoms with Crippen LogP contribution < -0.4 is 4.72 Å². The number of aryl methyl sites for hydroxylation is 2. The smallest absolute Gasteiger partial charge is 0.240 e. The number of benzene rings is 1. The van der Waals surface area contributed by atoms with Crippen molar-refractivity contribution in [1.29, 1.82) is 0 Å². The Morgan fingerprint density at radius 2 is 1.86 bits per heavy atom. The first kappa shape index (κ1) is 15.9. The van der Waals surface area contributed by atoms with E-state index in [1.807, 2.05) is 13.0 Å². The molecule has 0 spiro atoms. The van der Waals surface area contributed by atoms with Crippen molar-refractivity contribution in [1.82, 2.24) is 4.72 Å². The minimum Gasteiger partial charge on any atom is -0.350 e. The Hall–Kier alpha value is -0.950. The van der Waals surface area contributed by atoms with Gasteiger partial charge in [0, 0.05) is 13.0 Å². The zero-order valence-corrected chi connectivity index (χ0v) is 13.7. The van der Waals surface area contributed by atoms with Crippen LogP contribution in [0.2, 0.25) is 0 Å². The summed E-state index contributed by atoms with van der Waals surface area (Å²) < 4.78 is 38.6. The van der Waals surface area contributed by atoms with E-state index in [0.29, 0.717) is 31.1 Å².